The van der Waals surface area contributed by atoms with Gasteiger partial charge in [-0.25, -0.2) is 0 Å². The largest absolute Gasteiger partial charge is 0.381 e. The number of aromatic nitrogens is 1. The summed E-state index contributed by atoms with van der Waals surface area (Å²) in [6, 6.07) is 4.22. The van der Waals surface area contributed by atoms with Crippen LogP contribution in [0.4, 0.5) is 0 Å². The Morgan fingerprint density at radius 2 is 2.04 bits per heavy atom. The summed E-state index contributed by atoms with van der Waals surface area (Å²) in [6.07, 6.45) is 7.41. The molecule has 3 saturated heterocycles. The summed E-state index contributed by atoms with van der Waals surface area (Å²) >= 11 is 0. The van der Waals surface area contributed by atoms with Crippen LogP contribution in [0.1, 0.15) is 37.7 Å². The number of ether oxygens (including phenoxy) is 1. The van der Waals surface area contributed by atoms with Crippen molar-refractivity contribution < 1.29 is 14.3 Å². The number of piperidine rings is 1. The molecule has 0 aliphatic carbocycles. The van der Waals surface area contributed by atoms with E-state index in [2.05, 4.69) is 9.88 Å². The van der Waals surface area contributed by atoms with Gasteiger partial charge in [-0.2, -0.15) is 0 Å². The molecule has 0 spiro atoms. The zero-order valence-corrected chi connectivity index (χ0v) is 14.5. The average Bonchev–Trinajstić information content (AvgIpc) is 3.09. The Morgan fingerprint density at radius 1 is 1.20 bits per heavy atom. The zero-order valence-electron chi connectivity index (χ0n) is 14.5. The summed E-state index contributed by atoms with van der Waals surface area (Å²) < 4.78 is 5.39. The van der Waals surface area contributed by atoms with E-state index in [9.17, 15) is 9.59 Å². The van der Waals surface area contributed by atoms with Crippen LogP contribution >= 0.6 is 0 Å². The minimum atomic E-state index is 0.0944. The summed E-state index contributed by atoms with van der Waals surface area (Å²) in [4.78, 5) is 33.6. The highest BCUT2D eigenvalue weighted by Crippen LogP contribution is 2.34. The monoisotopic (exact) mass is 343 g/mol. The third kappa shape index (κ3) is 3.27. The fourth-order valence-electron chi connectivity index (χ4n) is 4.50. The predicted octanol–water partition coefficient (Wildman–Crippen LogP) is 1.60. The van der Waals surface area contributed by atoms with Gasteiger partial charge in [-0.1, -0.05) is 6.07 Å². The molecule has 2 amide bonds. The van der Waals surface area contributed by atoms with E-state index in [0.29, 0.717) is 26.2 Å². The van der Waals surface area contributed by atoms with Gasteiger partial charge in [0, 0.05) is 51.0 Å². The van der Waals surface area contributed by atoms with E-state index in [1.807, 2.05) is 23.2 Å². The number of pyridine rings is 1. The van der Waals surface area contributed by atoms with Crippen LogP contribution in [0, 0.1) is 5.92 Å². The number of hydrogen-bond donors (Lipinski definition) is 0. The van der Waals surface area contributed by atoms with E-state index in [1.54, 1.807) is 6.20 Å². The number of likely N-dealkylation sites (tertiary alicyclic amines) is 2. The van der Waals surface area contributed by atoms with Crippen molar-refractivity contribution in [2.45, 2.75) is 50.7 Å². The lowest BCUT2D eigenvalue weighted by molar-refractivity contribution is -0.145. The molecule has 6 nitrogen and oxygen atoms in total. The third-order valence-corrected chi connectivity index (χ3v) is 5.81. The first kappa shape index (κ1) is 16.5. The van der Waals surface area contributed by atoms with Crippen LogP contribution in [-0.4, -0.2) is 58.4 Å². The number of carbonyl (C=O) groups excluding carboxylic acids is 2. The van der Waals surface area contributed by atoms with E-state index in [4.69, 9.17) is 4.74 Å². The van der Waals surface area contributed by atoms with Gasteiger partial charge >= 0.3 is 0 Å². The smallest absolute Gasteiger partial charge is 0.226 e. The summed E-state index contributed by atoms with van der Waals surface area (Å²) in [6.45, 7) is 2.73. The summed E-state index contributed by atoms with van der Waals surface area (Å²) in [7, 11) is 0. The quantitative estimate of drug-likeness (QED) is 0.836. The molecule has 0 aromatic carbocycles. The molecule has 0 bridgehead atoms. The van der Waals surface area contributed by atoms with Crippen LogP contribution in [0.25, 0.3) is 0 Å². The number of amides is 2. The first-order chi connectivity index (χ1) is 12.2. The second-order valence-electron chi connectivity index (χ2n) is 7.26. The molecule has 0 radical (unpaired) electrons. The number of fused-ring (bicyclic) bond motifs is 1. The van der Waals surface area contributed by atoms with E-state index in [1.165, 1.54) is 0 Å². The maximum Gasteiger partial charge on any atom is 0.226 e. The Balaban J connectivity index is 1.48. The fourth-order valence-corrected chi connectivity index (χ4v) is 4.50. The molecule has 1 aromatic heterocycles. The SMILES string of the molecule is O=C1CC[C@@H]2[C@@H](CCN2C(=O)C2CCOCC2)N1Cc1cccnc1. The molecule has 25 heavy (non-hydrogen) atoms. The number of nitrogens with zero attached hydrogens (tertiary/aromatic N) is 3. The van der Waals surface area contributed by atoms with Crippen molar-refractivity contribution in [3.8, 4) is 0 Å². The lowest BCUT2D eigenvalue weighted by Gasteiger charge is -2.40. The van der Waals surface area contributed by atoms with Crippen LogP contribution in [-0.2, 0) is 20.9 Å². The van der Waals surface area contributed by atoms with Crippen molar-refractivity contribution in [3.05, 3.63) is 30.1 Å². The van der Waals surface area contributed by atoms with Gasteiger partial charge in [0.05, 0.1) is 12.1 Å². The molecule has 3 aliphatic heterocycles. The first-order valence-corrected chi connectivity index (χ1v) is 9.30. The van der Waals surface area contributed by atoms with Crippen LogP contribution < -0.4 is 0 Å². The van der Waals surface area contributed by atoms with Crippen LogP contribution in [0.3, 0.4) is 0 Å². The number of carbonyl (C=O) groups is 2. The van der Waals surface area contributed by atoms with Crippen LogP contribution in [0.15, 0.2) is 24.5 Å². The lowest BCUT2D eigenvalue weighted by atomic mass is 9.93. The number of rotatable bonds is 3. The minimum absolute atomic E-state index is 0.0944. The molecule has 4 rings (SSSR count). The Bertz CT molecular complexity index is 630. The molecular weight excluding hydrogens is 318 g/mol. The van der Waals surface area contributed by atoms with Crippen molar-refractivity contribution in [2.24, 2.45) is 5.92 Å². The van der Waals surface area contributed by atoms with Crippen molar-refractivity contribution in [3.63, 3.8) is 0 Å². The van der Waals surface area contributed by atoms with Gasteiger partial charge < -0.3 is 14.5 Å². The third-order valence-electron chi connectivity index (χ3n) is 5.81. The molecule has 3 aliphatic rings. The van der Waals surface area contributed by atoms with E-state index in [0.717, 1.165) is 37.8 Å². The second-order valence-corrected chi connectivity index (χ2v) is 7.26. The molecule has 0 unspecified atom stereocenters. The second kappa shape index (κ2) is 7.12. The molecular formula is C19H25N3O3. The Labute approximate surface area is 148 Å². The average molecular weight is 343 g/mol. The predicted molar refractivity (Wildman–Crippen MR) is 91.5 cm³/mol. The molecule has 3 fully saturated rings. The maximum atomic E-state index is 13.0. The van der Waals surface area contributed by atoms with Gasteiger partial charge in [0.1, 0.15) is 0 Å². The Hall–Kier alpha value is -1.95. The van der Waals surface area contributed by atoms with Crippen LogP contribution in [0.2, 0.25) is 0 Å². The molecule has 2 atom stereocenters. The van der Waals surface area contributed by atoms with Crippen molar-refractivity contribution in [1.29, 1.82) is 0 Å². The van der Waals surface area contributed by atoms with Crippen LogP contribution in [0.5, 0.6) is 0 Å². The molecule has 0 saturated carbocycles. The summed E-state index contributed by atoms with van der Waals surface area (Å²) in [5.41, 5.74) is 1.05. The molecule has 4 heterocycles. The highest BCUT2D eigenvalue weighted by Gasteiger charge is 2.45. The zero-order chi connectivity index (χ0) is 17.2. The van der Waals surface area contributed by atoms with Gasteiger partial charge in [-0.05, 0) is 37.3 Å². The van der Waals surface area contributed by atoms with Gasteiger partial charge in [-0.15, -0.1) is 0 Å². The first-order valence-electron chi connectivity index (χ1n) is 9.30. The van der Waals surface area contributed by atoms with E-state index in [-0.39, 0.29) is 29.8 Å². The van der Waals surface area contributed by atoms with Gasteiger partial charge in [0.15, 0.2) is 0 Å². The minimum Gasteiger partial charge on any atom is -0.381 e. The molecule has 134 valence electrons. The Kier molecular flexibility index (Phi) is 4.70. The normalized spacial score (nSPS) is 27.4. The van der Waals surface area contributed by atoms with E-state index < -0.39 is 0 Å². The van der Waals surface area contributed by atoms with Crippen molar-refractivity contribution in [2.75, 3.05) is 19.8 Å². The topological polar surface area (TPSA) is 62.7 Å². The highest BCUT2D eigenvalue weighted by atomic mass is 16.5. The lowest BCUT2D eigenvalue weighted by Crippen LogP contribution is -2.53. The highest BCUT2D eigenvalue weighted by molar-refractivity contribution is 5.81. The maximum absolute atomic E-state index is 13.0. The molecule has 0 N–H and O–H groups in total. The summed E-state index contributed by atoms with van der Waals surface area (Å²) in [5.74, 6) is 0.564. The fraction of sp³-hybridized carbons (Fsp3) is 0.632. The van der Waals surface area contributed by atoms with Gasteiger partial charge in [0.2, 0.25) is 11.8 Å². The molecule has 1 aromatic rings. The van der Waals surface area contributed by atoms with Gasteiger partial charge in [0.25, 0.3) is 0 Å². The Morgan fingerprint density at radius 3 is 2.80 bits per heavy atom. The van der Waals surface area contributed by atoms with Crippen molar-refractivity contribution in [1.82, 2.24) is 14.8 Å². The van der Waals surface area contributed by atoms with Crippen molar-refractivity contribution >= 4 is 11.8 Å². The van der Waals surface area contributed by atoms with Gasteiger partial charge in [-0.3, -0.25) is 14.6 Å². The van der Waals surface area contributed by atoms with E-state index >= 15 is 0 Å². The standard InChI is InChI=1S/C19H25N3O3/c23-18-4-3-16-17(22(18)13-14-2-1-8-20-12-14)5-9-21(16)19(24)15-6-10-25-11-7-15/h1-2,8,12,15-17H,3-7,9-11,13H2/t16-,17-/m1/s1. The number of hydrogen-bond acceptors (Lipinski definition) is 4. The molecule has 6 heteroatoms. The summed E-state index contributed by atoms with van der Waals surface area (Å²) in [5, 5.41) is 0.